The molecule has 2 aliphatic heterocycles. The van der Waals surface area contributed by atoms with Crippen LogP contribution in [0.3, 0.4) is 0 Å². The van der Waals surface area contributed by atoms with Crippen LogP contribution in [-0.2, 0) is 11.2 Å². The van der Waals surface area contributed by atoms with E-state index in [-0.39, 0.29) is 11.9 Å². The van der Waals surface area contributed by atoms with Crippen LogP contribution < -0.4 is 10.1 Å². The lowest BCUT2D eigenvalue weighted by molar-refractivity contribution is -0.125. The van der Waals surface area contributed by atoms with Gasteiger partial charge in [-0.05, 0) is 35.6 Å². The summed E-state index contributed by atoms with van der Waals surface area (Å²) < 4.78 is 5.30. The first-order valence-electron chi connectivity index (χ1n) is 8.81. The predicted molar refractivity (Wildman–Crippen MR) is 104 cm³/mol. The number of likely N-dealkylation sites (N-methyl/N-ethyl adjacent to an activating group) is 1. The minimum atomic E-state index is -0.460. The molecule has 0 saturated carbocycles. The molecule has 1 aromatic heterocycles. The van der Waals surface area contributed by atoms with E-state index >= 15 is 0 Å². The number of hydrogen-bond acceptors (Lipinski definition) is 4. The Morgan fingerprint density at radius 1 is 1.26 bits per heavy atom. The summed E-state index contributed by atoms with van der Waals surface area (Å²) in [4.78, 5) is 30.2. The van der Waals surface area contributed by atoms with Gasteiger partial charge in [-0.2, -0.15) is 0 Å². The number of nitrogens with one attached hydrogen (secondary N) is 1. The van der Waals surface area contributed by atoms with Crippen LogP contribution >= 0.6 is 11.3 Å². The number of hydrogen-bond donors (Lipinski definition) is 1. The van der Waals surface area contributed by atoms with E-state index in [1.807, 2.05) is 40.6 Å². The molecule has 3 amide bonds. The van der Waals surface area contributed by atoms with Gasteiger partial charge in [-0.25, -0.2) is 4.79 Å². The number of rotatable bonds is 5. The fourth-order valence-electron chi connectivity index (χ4n) is 3.58. The maximum Gasteiger partial charge on any atom is 0.322 e. The molecule has 0 saturated heterocycles. The van der Waals surface area contributed by atoms with E-state index in [1.165, 1.54) is 4.88 Å². The average Bonchev–Trinajstić information content (AvgIpc) is 3.31. The molecule has 2 aromatic rings. The van der Waals surface area contributed by atoms with Crippen molar-refractivity contribution in [2.45, 2.75) is 12.5 Å². The van der Waals surface area contributed by atoms with Crippen molar-refractivity contribution in [3.8, 4) is 5.75 Å². The van der Waals surface area contributed by atoms with Crippen molar-refractivity contribution in [2.24, 2.45) is 0 Å². The van der Waals surface area contributed by atoms with Crippen molar-refractivity contribution in [1.82, 2.24) is 15.1 Å². The maximum atomic E-state index is 13.2. The standard InChI is InChI=1S/C20H21N3O3S/c1-22-16-12-23(9-8-15-7-4-10-27-15)19(24)17(16)18(21-20(22)25)13-5-3-6-14(11-13)26-2/h3-7,10-11,18H,8-9,12H2,1-2H3,(H,21,25)/t18-/m1/s1. The van der Waals surface area contributed by atoms with E-state index in [9.17, 15) is 9.59 Å². The first-order chi connectivity index (χ1) is 13.1. The van der Waals surface area contributed by atoms with E-state index in [0.717, 1.165) is 17.7 Å². The van der Waals surface area contributed by atoms with Crippen LogP contribution in [0.5, 0.6) is 5.75 Å². The largest absolute Gasteiger partial charge is 0.497 e. The Hall–Kier alpha value is -2.80. The monoisotopic (exact) mass is 383 g/mol. The topological polar surface area (TPSA) is 61.9 Å². The highest BCUT2D eigenvalue weighted by atomic mass is 32.1. The van der Waals surface area contributed by atoms with Gasteiger partial charge in [0.15, 0.2) is 0 Å². The molecule has 2 aliphatic rings. The number of benzene rings is 1. The van der Waals surface area contributed by atoms with E-state index in [0.29, 0.717) is 24.4 Å². The van der Waals surface area contributed by atoms with Gasteiger partial charge in [-0.1, -0.05) is 18.2 Å². The Kier molecular flexibility index (Phi) is 4.61. The Balaban J connectivity index is 1.62. The van der Waals surface area contributed by atoms with E-state index in [4.69, 9.17) is 4.74 Å². The fraction of sp³-hybridized carbons (Fsp3) is 0.300. The van der Waals surface area contributed by atoms with E-state index in [2.05, 4.69) is 11.4 Å². The van der Waals surface area contributed by atoms with Crippen LogP contribution in [0.25, 0.3) is 0 Å². The molecular formula is C20H21N3O3S. The van der Waals surface area contributed by atoms with Crippen molar-refractivity contribution in [2.75, 3.05) is 27.2 Å². The van der Waals surface area contributed by atoms with Crippen molar-refractivity contribution in [3.05, 3.63) is 63.5 Å². The highest BCUT2D eigenvalue weighted by Crippen LogP contribution is 2.36. The van der Waals surface area contributed by atoms with Crippen LogP contribution in [0, 0.1) is 0 Å². The third-order valence-corrected chi connectivity index (χ3v) is 6.01. The van der Waals surface area contributed by atoms with Crippen LogP contribution in [-0.4, -0.2) is 49.0 Å². The number of ether oxygens (including phenoxy) is 1. The predicted octanol–water partition coefficient (Wildman–Crippen LogP) is 2.79. The zero-order valence-corrected chi connectivity index (χ0v) is 16.1. The lowest BCUT2D eigenvalue weighted by atomic mass is 9.95. The molecule has 3 heterocycles. The van der Waals surface area contributed by atoms with Gasteiger partial charge in [0, 0.05) is 18.5 Å². The second-order valence-corrected chi connectivity index (χ2v) is 7.67. The first kappa shape index (κ1) is 17.6. The number of carbonyl (C=O) groups excluding carboxylic acids is 2. The van der Waals surface area contributed by atoms with Crippen molar-refractivity contribution in [1.29, 1.82) is 0 Å². The SMILES string of the molecule is COc1cccc([C@H]2NC(=O)N(C)C3=C2C(=O)N(CCc2cccs2)C3)c1. The Morgan fingerprint density at radius 2 is 2.11 bits per heavy atom. The van der Waals surface area contributed by atoms with Gasteiger partial charge in [0.05, 0.1) is 31.0 Å². The van der Waals surface area contributed by atoms with Crippen LogP contribution in [0.1, 0.15) is 16.5 Å². The molecular weight excluding hydrogens is 362 g/mol. The second kappa shape index (κ2) is 7.08. The zero-order chi connectivity index (χ0) is 19.0. The molecule has 1 N–H and O–H groups in total. The molecule has 1 aromatic carbocycles. The van der Waals surface area contributed by atoms with Gasteiger partial charge in [-0.15, -0.1) is 11.3 Å². The summed E-state index contributed by atoms with van der Waals surface area (Å²) in [5, 5.41) is 5.00. The van der Waals surface area contributed by atoms with Crippen LogP contribution in [0.15, 0.2) is 53.0 Å². The highest BCUT2D eigenvalue weighted by molar-refractivity contribution is 7.09. The summed E-state index contributed by atoms with van der Waals surface area (Å²) in [6.07, 6.45) is 0.818. The normalized spacial score (nSPS) is 19.4. The third-order valence-electron chi connectivity index (χ3n) is 5.07. The molecule has 0 unspecified atom stereocenters. The number of carbonyl (C=O) groups is 2. The van der Waals surface area contributed by atoms with Crippen molar-refractivity contribution >= 4 is 23.3 Å². The Labute approximate surface area is 162 Å². The molecule has 0 fully saturated rings. The smallest absolute Gasteiger partial charge is 0.322 e. The molecule has 7 heteroatoms. The second-order valence-electron chi connectivity index (χ2n) is 6.63. The van der Waals surface area contributed by atoms with E-state index in [1.54, 1.807) is 30.4 Å². The molecule has 0 spiro atoms. The van der Waals surface area contributed by atoms with Gasteiger partial charge in [-0.3, -0.25) is 9.69 Å². The van der Waals surface area contributed by atoms with Crippen molar-refractivity contribution in [3.63, 3.8) is 0 Å². The fourth-order valence-corrected chi connectivity index (χ4v) is 4.27. The summed E-state index contributed by atoms with van der Waals surface area (Å²) in [7, 11) is 3.31. The number of thiophene rings is 1. The number of amides is 3. The van der Waals surface area contributed by atoms with Crippen LogP contribution in [0.4, 0.5) is 4.79 Å². The minimum absolute atomic E-state index is 0.0128. The quantitative estimate of drug-likeness (QED) is 0.864. The number of methoxy groups -OCH3 is 1. The molecule has 140 valence electrons. The van der Waals surface area contributed by atoms with Gasteiger partial charge in [0.2, 0.25) is 0 Å². The third kappa shape index (κ3) is 3.19. The molecule has 0 bridgehead atoms. The molecule has 6 nitrogen and oxygen atoms in total. The van der Waals surface area contributed by atoms with Gasteiger partial charge in [0.25, 0.3) is 5.91 Å². The zero-order valence-electron chi connectivity index (χ0n) is 15.3. The molecule has 0 radical (unpaired) electrons. The van der Waals surface area contributed by atoms with Crippen LogP contribution in [0.2, 0.25) is 0 Å². The molecule has 4 rings (SSSR count). The first-order valence-corrected chi connectivity index (χ1v) is 9.69. The summed E-state index contributed by atoms with van der Waals surface area (Å²) in [6.45, 7) is 1.10. The summed E-state index contributed by atoms with van der Waals surface area (Å²) in [5.74, 6) is 0.684. The highest BCUT2D eigenvalue weighted by Gasteiger charge is 2.42. The Morgan fingerprint density at radius 3 is 2.85 bits per heavy atom. The van der Waals surface area contributed by atoms with Gasteiger partial charge < -0.3 is 15.0 Å². The van der Waals surface area contributed by atoms with E-state index < -0.39 is 6.04 Å². The maximum absolute atomic E-state index is 13.2. The van der Waals surface area contributed by atoms with Crippen molar-refractivity contribution < 1.29 is 14.3 Å². The Bertz CT molecular complexity index is 907. The lowest BCUT2D eigenvalue weighted by Crippen LogP contribution is -2.45. The summed E-state index contributed by atoms with van der Waals surface area (Å²) in [6, 6.07) is 10.9. The minimum Gasteiger partial charge on any atom is -0.497 e. The lowest BCUT2D eigenvalue weighted by Gasteiger charge is -2.31. The number of urea groups is 1. The van der Waals surface area contributed by atoms with Gasteiger partial charge >= 0.3 is 6.03 Å². The molecule has 27 heavy (non-hydrogen) atoms. The van der Waals surface area contributed by atoms with Gasteiger partial charge in [0.1, 0.15) is 5.75 Å². The summed E-state index contributed by atoms with van der Waals surface area (Å²) in [5.41, 5.74) is 2.27. The number of nitrogens with zero attached hydrogens (tertiary/aromatic N) is 2. The molecule has 1 atom stereocenters. The summed E-state index contributed by atoms with van der Waals surface area (Å²) >= 11 is 1.69. The average molecular weight is 383 g/mol. The molecule has 0 aliphatic carbocycles.